The molecule has 0 aromatic heterocycles. The molecule has 1 aromatic rings. The molecular weight excluding hydrogens is 268 g/mol. The van der Waals surface area contributed by atoms with E-state index in [1.807, 2.05) is 43.0 Å². The van der Waals surface area contributed by atoms with Gasteiger partial charge in [0.1, 0.15) is 5.75 Å². The summed E-state index contributed by atoms with van der Waals surface area (Å²) in [5.74, 6) is 0.841. The number of urea groups is 1. The van der Waals surface area contributed by atoms with Crippen molar-refractivity contribution in [2.75, 3.05) is 33.4 Å². The van der Waals surface area contributed by atoms with Gasteiger partial charge >= 0.3 is 6.03 Å². The fourth-order valence-electron chi connectivity index (χ4n) is 2.44. The molecule has 1 saturated heterocycles. The summed E-state index contributed by atoms with van der Waals surface area (Å²) in [6.45, 7) is 6.48. The molecule has 5 heteroatoms. The molecule has 2 amide bonds. The SMILES string of the molecule is COc1cccc(CCNC(=O)N2CCOC(C)(C)C2)c1. The number of hydrogen-bond donors (Lipinski definition) is 1. The van der Waals surface area contributed by atoms with Gasteiger partial charge in [-0.05, 0) is 38.0 Å². The number of carbonyl (C=O) groups is 1. The van der Waals surface area contributed by atoms with Crippen molar-refractivity contribution in [3.63, 3.8) is 0 Å². The number of nitrogens with one attached hydrogen (secondary N) is 1. The van der Waals surface area contributed by atoms with Crippen molar-refractivity contribution in [2.45, 2.75) is 25.9 Å². The highest BCUT2D eigenvalue weighted by Crippen LogP contribution is 2.16. The van der Waals surface area contributed by atoms with Gasteiger partial charge in [0.05, 0.1) is 25.9 Å². The second-order valence-corrected chi connectivity index (χ2v) is 5.86. The highest BCUT2D eigenvalue weighted by atomic mass is 16.5. The molecule has 1 aliphatic rings. The van der Waals surface area contributed by atoms with Gasteiger partial charge in [-0.25, -0.2) is 4.79 Å². The van der Waals surface area contributed by atoms with Gasteiger partial charge in [-0.15, -0.1) is 0 Å². The van der Waals surface area contributed by atoms with Gasteiger partial charge < -0.3 is 19.7 Å². The summed E-state index contributed by atoms with van der Waals surface area (Å²) < 4.78 is 10.8. The minimum Gasteiger partial charge on any atom is -0.497 e. The average Bonchev–Trinajstić information content (AvgIpc) is 2.46. The first-order chi connectivity index (χ1) is 10.00. The molecule has 0 saturated carbocycles. The van der Waals surface area contributed by atoms with Crippen molar-refractivity contribution >= 4 is 6.03 Å². The van der Waals surface area contributed by atoms with Crippen molar-refractivity contribution in [1.82, 2.24) is 10.2 Å². The summed E-state index contributed by atoms with van der Waals surface area (Å²) in [5, 5.41) is 2.97. The lowest BCUT2D eigenvalue weighted by atomic mass is 10.1. The third kappa shape index (κ3) is 4.63. The van der Waals surface area contributed by atoms with Gasteiger partial charge in [0.25, 0.3) is 0 Å². The smallest absolute Gasteiger partial charge is 0.317 e. The molecule has 116 valence electrons. The van der Waals surface area contributed by atoms with Crippen LogP contribution >= 0.6 is 0 Å². The monoisotopic (exact) mass is 292 g/mol. The average molecular weight is 292 g/mol. The maximum atomic E-state index is 12.1. The Balaban J connectivity index is 1.78. The number of morpholine rings is 1. The van der Waals surface area contributed by atoms with E-state index in [0.29, 0.717) is 26.2 Å². The topological polar surface area (TPSA) is 50.8 Å². The minimum absolute atomic E-state index is 0.0192. The normalized spacial score (nSPS) is 17.4. The molecule has 21 heavy (non-hydrogen) atoms. The lowest BCUT2D eigenvalue weighted by Crippen LogP contribution is -2.53. The Kier molecular flexibility index (Phi) is 5.07. The van der Waals surface area contributed by atoms with Crippen molar-refractivity contribution in [3.8, 4) is 5.75 Å². The van der Waals surface area contributed by atoms with Gasteiger partial charge in [-0.2, -0.15) is 0 Å². The third-order valence-corrected chi connectivity index (χ3v) is 3.54. The number of methoxy groups -OCH3 is 1. The molecule has 5 nitrogen and oxygen atoms in total. The molecule has 0 atom stereocenters. The Morgan fingerprint density at radius 2 is 2.29 bits per heavy atom. The summed E-state index contributed by atoms with van der Waals surface area (Å²) in [6.07, 6.45) is 0.788. The summed E-state index contributed by atoms with van der Waals surface area (Å²) >= 11 is 0. The second-order valence-electron chi connectivity index (χ2n) is 5.86. The van der Waals surface area contributed by atoms with Gasteiger partial charge in [0.15, 0.2) is 0 Å². The Labute approximate surface area is 126 Å². The van der Waals surface area contributed by atoms with E-state index in [-0.39, 0.29) is 11.6 Å². The number of carbonyl (C=O) groups excluding carboxylic acids is 1. The molecule has 1 heterocycles. The van der Waals surface area contributed by atoms with Gasteiger partial charge in [-0.3, -0.25) is 0 Å². The van der Waals surface area contributed by atoms with Crippen LogP contribution in [0.25, 0.3) is 0 Å². The number of hydrogen-bond acceptors (Lipinski definition) is 3. The molecule has 1 N–H and O–H groups in total. The molecule has 2 rings (SSSR count). The van der Waals surface area contributed by atoms with Crippen LogP contribution in [-0.4, -0.2) is 49.9 Å². The largest absolute Gasteiger partial charge is 0.497 e. The van der Waals surface area contributed by atoms with Crippen LogP contribution in [-0.2, 0) is 11.2 Å². The van der Waals surface area contributed by atoms with E-state index >= 15 is 0 Å². The maximum Gasteiger partial charge on any atom is 0.317 e. The molecule has 0 bridgehead atoms. The number of nitrogens with zero attached hydrogens (tertiary/aromatic N) is 1. The van der Waals surface area contributed by atoms with Crippen molar-refractivity contribution in [3.05, 3.63) is 29.8 Å². The quantitative estimate of drug-likeness (QED) is 0.924. The van der Waals surface area contributed by atoms with E-state index in [1.54, 1.807) is 7.11 Å². The molecular formula is C16H24N2O3. The van der Waals surface area contributed by atoms with E-state index in [2.05, 4.69) is 5.32 Å². The Bertz CT molecular complexity index is 488. The Morgan fingerprint density at radius 3 is 3.00 bits per heavy atom. The molecule has 0 aliphatic carbocycles. The lowest BCUT2D eigenvalue weighted by Gasteiger charge is -2.38. The summed E-state index contributed by atoms with van der Waals surface area (Å²) in [4.78, 5) is 13.9. The molecule has 1 fully saturated rings. The van der Waals surface area contributed by atoms with Crippen LogP contribution in [0.3, 0.4) is 0 Å². The minimum atomic E-state index is -0.262. The van der Waals surface area contributed by atoms with E-state index < -0.39 is 0 Å². The van der Waals surface area contributed by atoms with Crippen LogP contribution in [0, 0.1) is 0 Å². The van der Waals surface area contributed by atoms with Crippen molar-refractivity contribution in [1.29, 1.82) is 0 Å². The van der Waals surface area contributed by atoms with E-state index in [9.17, 15) is 4.79 Å². The first-order valence-electron chi connectivity index (χ1n) is 7.30. The van der Waals surface area contributed by atoms with Crippen LogP contribution in [0.2, 0.25) is 0 Å². The first kappa shape index (κ1) is 15.6. The Morgan fingerprint density at radius 1 is 1.48 bits per heavy atom. The summed E-state index contributed by atoms with van der Waals surface area (Å²) in [7, 11) is 1.65. The summed E-state index contributed by atoms with van der Waals surface area (Å²) in [6, 6.07) is 7.88. The fraction of sp³-hybridized carbons (Fsp3) is 0.562. The van der Waals surface area contributed by atoms with Crippen LogP contribution < -0.4 is 10.1 Å². The number of rotatable bonds is 4. The zero-order valence-electron chi connectivity index (χ0n) is 13.0. The molecule has 0 spiro atoms. The van der Waals surface area contributed by atoms with Crippen LogP contribution in [0.1, 0.15) is 19.4 Å². The highest BCUT2D eigenvalue weighted by Gasteiger charge is 2.29. The van der Waals surface area contributed by atoms with Gasteiger partial charge in [0.2, 0.25) is 0 Å². The van der Waals surface area contributed by atoms with E-state index in [0.717, 1.165) is 17.7 Å². The van der Waals surface area contributed by atoms with Crippen LogP contribution in [0.15, 0.2) is 24.3 Å². The zero-order chi connectivity index (χ0) is 15.3. The highest BCUT2D eigenvalue weighted by molar-refractivity contribution is 5.74. The van der Waals surface area contributed by atoms with Crippen LogP contribution in [0.4, 0.5) is 4.79 Å². The zero-order valence-corrected chi connectivity index (χ0v) is 13.0. The van der Waals surface area contributed by atoms with Crippen LogP contribution in [0.5, 0.6) is 5.75 Å². The molecule has 1 aromatic carbocycles. The summed E-state index contributed by atoms with van der Waals surface area (Å²) in [5.41, 5.74) is 0.888. The number of amides is 2. The predicted molar refractivity (Wildman–Crippen MR) is 81.7 cm³/mol. The van der Waals surface area contributed by atoms with Crippen molar-refractivity contribution < 1.29 is 14.3 Å². The molecule has 1 aliphatic heterocycles. The first-order valence-corrected chi connectivity index (χ1v) is 7.30. The number of benzene rings is 1. The lowest BCUT2D eigenvalue weighted by molar-refractivity contribution is -0.0733. The maximum absolute atomic E-state index is 12.1. The van der Waals surface area contributed by atoms with Crippen molar-refractivity contribution in [2.24, 2.45) is 0 Å². The van der Waals surface area contributed by atoms with E-state index in [4.69, 9.17) is 9.47 Å². The second kappa shape index (κ2) is 6.80. The van der Waals surface area contributed by atoms with E-state index in [1.165, 1.54) is 0 Å². The Hall–Kier alpha value is -1.75. The molecule has 0 radical (unpaired) electrons. The fourth-order valence-corrected chi connectivity index (χ4v) is 2.44. The number of ether oxygens (including phenoxy) is 2. The predicted octanol–water partition coefficient (Wildman–Crippen LogP) is 2.06. The van der Waals surface area contributed by atoms with Gasteiger partial charge in [0, 0.05) is 13.1 Å². The standard InChI is InChI=1S/C16H24N2O3/c1-16(2)12-18(9-10-21-16)15(19)17-8-7-13-5-4-6-14(11-13)20-3/h4-6,11H,7-10,12H2,1-3H3,(H,17,19). The van der Waals surface area contributed by atoms with Gasteiger partial charge in [-0.1, -0.05) is 12.1 Å². The molecule has 0 unspecified atom stereocenters. The third-order valence-electron chi connectivity index (χ3n) is 3.54.